The molecule has 2 fully saturated rings. The highest BCUT2D eigenvalue weighted by molar-refractivity contribution is 5.94. The first-order chi connectivity index (χ1) is 9.29. The third-order valence-electron chi connectivity index (χ3n) is 5.01. The summed E-state index contributed by atoms with van der Waals surface area (Å²) in [5.74, 6) is 0.798. The van der Waals surface area contributed by atoms with Crippen LogP contribution in [0.15, 0.2) is 18.2 Å². The van der Waals surface area contributed by atoms with Gasteiger partial charge in [-0.1, -0.05) is 6.07 Å². The van der Waals surface area contributed by atoms with Crippen molar-refractivity contribution in [2.24, 2.45) is 5.92 Å². The number of nitrogens with zero attached hydrogens (tertiary/aromatic N) is 1. The molecule has 3 heteroatoms. The average molecular weight is 256 g/mol. The van der Waals surface area contributed by atoms with Gasteiger partial charge in [0, 0.05) is 24.7 Å². The van der Waals surface area contributed by atoms with Gasteiger partial charge in [0.15, 0.2) is 0 Å². The van der Waals surface area contributed by atoms with Crippen molar-refractivity contribution in [2.45, 2.75) is 31.7 Å². The molecule has 3 aliphatic rings. The van der Waals surface area contributed by atoms with Gasteiger partial charge in [-0.2, -0.15) is 0 Å². The maximum Gasteiger partial charge on any atom is 0.251 e. The van der Waals surface area contributed by atoms with E-state index in [-0.39, 0.29) is 5.91 Å². The standard InChI is InChI=1S/C16H20N2O/c19-16(17-15-10-18-7-6-14(15)9-18)13-5-4-11-2-1-3-12(11)8-13/h4-5,8,14-15H,1-3,6-7,9-10H2,(H,17,19). The maximum absolute atomic E-state index is 12.3. The second-order valence-corrected chi connectivity index (χ2v) is 6.23. The molecular weight excluding hydrogens is 236 g/mol. The van der Waals surface area contributed by atoms with Crippen molar-refractivity contribution in [1.29, 1.82) is 0 Å². The first-order valence-electron chi connectivity index (χ1n) is 7.44. The molecule has 100 valence electrons. The summed E-state index contributed by atoms with van der Waals surface area (Å²) in [6.07, 6.45) is 4.79. The van der Waals surface area contributed by atoms with E-state index in [0.717, 1.165) is 18.5 Å². The first-order valence-corrected chi connectivity index (χ1v) is 7.44. The topological polar surface area (TPSA) is 32.3 Å². The molecule has 1 aromatic rings. The van der Waals surface area contributed by atoms with Gasteiger partial charge < -0.3 is 10.2 Å². The Morgan fingerprint density at radius 3 is 2.89 bits per heavy atom. The van der Waals surface area contributed by atoms with Gasteiger partial charge in [0.25, 0.3) is 5.91 Å². The molecule has 19 heavy (non-hydrogen) atoms. The number of amides is 1. The third-order valence-corrected chi connectivity index (χ3v) is 5.01. The monoisotopic (exact) mass is 256 g/mol. The van der Waals surface area contributed by atoms with Crippen molar-refractivity contribution in [3.05, 3.63) is 34.9 Å². The van der Waals surface area contributed by atoms with Gasteiger partial charge in [0.1, 0.15) is 0 Å². The Labute approximate surface area is 114 Å². The summed E-state index contributed by atoms with van der Waals surface area (Å²) in [6, 6.07) is 6.61. The minimum atomic E-state index is 0.119. The SMILES string of the molecule is O=C(NC1CN2CCC1C2)c1ccc2c(c1)CCC2. The normalized spacial score (nSPS) is 31.5. The van der Waals surface area contributed by atoms with E-state index in [9.17, 15) is 4.79 Å². The van der Waals surface area contributed by atoms with E-state index < -0.39 is 0 Å². The molecule has 0 saturated carbocycles. The van der Waals surface area contributed by atoms with Crippen LogP contribution in [0.25, 0.3) is 0 Å². The highest BCUT2D eigenvalue weighted by Crippen LogP contribution is 2.28. The van der Waals surface area contributed by atoms with Crippen LogP contribution in [0.2, 0.25) is 0 Å². The molecule has 1 aromatic carbocycles. The van der Waals surface area contributed by atoms with E-state index in [1.54, 1.807) is 0 Å². The highest BCUT2D eigenvalue weighted by Gasteiger charge is 2.38. The lowest BCUT2D eigenvalue weighted by Crippen LogP contribution is -2.43. The fourth-order valence-electron chi connectivity index (χ4n) is 3.91. The van der Waals surface area contributed by atoms with E-state index in [2.05, 4.69) is 22.3 Å². The van der Waals surface area contributed by atoms with Gasteiger partial charge in [-0.3, -0.25) is 4.79 Å². The Kier molecular flexibility index (Phi) is 2.62. The Hall–Kier alpha value is -1.35. The fraction of sp³-hybridized carbons (Fsp3) is 0.562. The van der Waals surface area contributed by atoms with Crippen LogP contribution < -0.4 is 5.32 Å². The molecule has 3 nitrogen and oxygen atoms in total. The van der Waals surface area contributed by atoms with Crippen LogP contribution in [0.3, 0.4) is 0 Å². The van der Waals surface area contributed by atoms with Crippen LogP contribution >= 0.6 is 0 Å². The Bertz CT molecular complexity index is 525. The quantitative estimate of drug-likeness (QED) is 0.872. The molecule has 3 unspecified atom stereocenters. The lowest BCUT2D eigenvalue weighted by atomic mass is 9.99. The summed E-state index contributed by atoms with van der Waals surface area (Å²) < 4.78 is 0. The summed E-state index contributed by atoms with van der Waals surface area (Å²) in [6.45, 7) is 3.44. The summed E-state index contributed by atoms with van der Waals surface area (Å²) >= 11 is 0. The van der Waals surface area contributed by atoms with Crippen LogP contribution in [0.4, 0.5) is 0 Å². The van der Waals surface area contributed by atoms with Crippen LogP contribution in [-0.4, -0.2) is 36.5 Å². The predicted molar refractivity (Wildman–Crippen MR) is 74.3 cm³/mol. The molecule has 2 bridgehead atoms. The molecule has 0 aromatic heterocycles. The van der Waals surface area contributed by atoms with Gasteiger partial charge in [-0.05, 0) is 61.4 Å². The first kappa shape index (κ1) is 11.5. The van der Waals surface area contributed by atoms with E-state index in [0.29, 0.717) is 12.0 Å². The Balaban J connectivity index is 1.48. The molecule has 1 aliphatic carbocycles. The lowest BCUT2D eigenvalue weighted by molar-refractivity contribution is 0.0924. The van der Waals surface area contributed by atoms with E-state index in [4.69, 9.17) is 0 Å². The summed E-state index contributed by atoms with van der Waals surface area (Å²) in [5, 5.41) is 3.24. The predicted octanol–water partition coefficient (Wildman–Crippen LogP) is 1.61. The van der Waals surface area contributed by atoms with Crippen molar-refractivity contribution in [3.8, 4) is 0 Å². The van der Waals surface area contributed by atoms with E-state index in [1.165, 1.54) is 43.5 Å². The number of rotatable bonds is 2. The molecule has 4 rings (SSSR count). The molecule has 2 saturated heterocycles. The number of carbonyl (C=O) groups is 1. The number of nitrogens with one attached hydrogen (secondary N) is 1. The molecule has 2 aliphatic heterocycles. The Morgan fingerprint density at radius 1 is 1.21 bits per heavy atom. The van der Waals surface area contributed by atoms with Gasteiger partial charge in [0.2, 0.25) is 0 Å². The zero-order valence-corrected chi connectivity index (χ0v) is 11.2. The molecule has 1 N–H and O–H groups in total. The fourth-order valence-corrected chi connectivity index (χ4v) is 3.91. The van der Waals surface area contributed by atoms with Crippen molar-refractivity contribution in [2.75, 3.05) is 19.6 Å². The summed E-state index contributed by atoms with van der Waals surface area (Å²) in [4.78, 5) is 14.8. The molecule has 1 amide bonds. The smallest absolute Gasteiger partial charge is 0.251 e. The molecule has 0 spiro atoms. The summed E-state index contributed by atoms with van der Waals surface area (Å²) in [7, 11) is 0. The van der Waals surface area contributed by atoms with Crippen LogP contribution in [0, 0.1) is 5.92 Å². The summed E-state index contributed by atoms with van der Waals surface area (Å²) in [5.41, 5.74) is 3.66. The van der Waals surface area contributed by atoms with E-state index in [1.807, 2.05) is 6.07 Å². The number of hydrogen-bond donors (Lipinski definition) is 1. The van der Waals surface area contributed by atoms with Crippen molar-refractivity contribution < 1.29 is 4.79 Å². The average Bonchev–Trinajstić information content (AvgIpc) is 3.13. The van der Waals surface area contributed by atoms with Crippen LogP contribution in [0.5, 0.6) is 0 Å². The van der Waals surface area contributed by atoms with Crippen molar-refractivity contribution >= 4 is 5.91 Å². The number of hydrogen-bond acceptors (Lipinski definition) is 2. The van der Waals surface area contributed by atoms with E-state index >= 15 is 0 Å². The number of carbonyl (C=O) groups excluding carboxylic acids is 1. The molecule has 3 atom stereocenters. The van der Waals surface area contributed by atoms with Crippen molar-refractivity contribution in [1.82, 2.24) is 10.2 Å². The number of aryl methyl sites for hydroxylation is 2. The lowest BCUT2D eigenvalue weighted by Gasteiger charge is -2.23. The maximum atomic E-state index is 12.3. The van der Waals surface area contributed by atoms with Gasteiger partial charge in [-0.25, -0.2) is 0 Å². The van der Waals surface area contributed by atoms with Gasteiger partial charge in [-0.15, -0.1) is 0 Å². The third kappa shape index (κ3) is 1.96. The molecule has 2 heterocycles. The number of piperidine rings is 1. The second kappa shape index (κ2) is 4.34. The van der Waals surface area contributed by atoms with Crippen LogP contribution in [-0.2, 0) is 12.8 Å². The van der Waals surface area contributed by atoms with Crippen molar-refractivity contribution in [3.63, 3.8) is 0 Å². The van der Waals surface area contributed by atoms with Gasteiger partial charge in [0.05, 0.1) is 0 Å². The molecular formula is C16H20N2O. The Morgan fingerprint density at radius 2 is 2.11 bits per heavy atom. The van der Waals surface area contributed by atoms with Gasteiger partial charge >= 0.3 is 0 Å². The molecule has 0 radical (unpaired) electrons. The largest absolute Gasteiger partial charge is 0.348 e. The second-order valence-electron chi connectivity index (χ2n) is 6.23. The van der Waals surface area contributed by atoms with Crippen LogP contribution in [0.1, 0.15) is 34.3 Å². The number of fused-ring (bicyclic) bond motifs is 3. The minimum absolute atomic E-state index is 0.119. The highest BCUT2D eigenvalue weighted by atomic mass is 16.1. The zero-order chi connectivity index (χ0) is 12.8. The minimum Gasteiger partial charge on any atom is -0.348 e. The zero-order valence-electron chi connectivity index (χ0n) is 11.2. The number of benzene rings is 1.